The number of rotatable bonds is 3. The van der Waals surface area contributed by atoms with Crippen molar-refractivity contribution in [3.05, 3.63) is 29.8 Å². The van der Waals surface area contributed by atoms with Gasteiger partial charge in [0.2, 0.25) is 0 Å². The van der Waals surface area contributed by atoms with Gasteiger partial charge in [0.15, 0.2) is 0 Å². The molecule has 0 atom stereocenters. The lowest BCUT2D eigenvalue weighted by atomic mass is 10.1. The number of nitrogens with two attached hydrogens (primary N) is 1. The maximum Gasteiger partial charge on any atom is 0.103 e. The molecule has 92 valence electrons. The van der Waals surface area contributed by atoms with Crippen LogP contribution in [0, 0.1) is 0 Å². The second-order valence-corrected chi connectivity index (χ2v) is 4.77. The van der Waals surface area contributed by atoms with E-state index in [1.165, 1.54) is 5.69 Å². The Morgan fingerprint density at radius 2 is 1.88 bits per heavy atom. The van der Waals surface area contributed by atoms with Crippen LogP contribution < -0.4 is 10.6 Å². The molecular formula is C13H18N2OS. The summed E-state index contributed by atoms with van der Waals surface area (Å²) < 4.78 is 5.37. The Bertz CT molecular complexity index is 383. The molecule has 3 nitrogen and oxygen atoms in total. The minimum atomic E-state index is 0.419. The molecule has 0 aromatic heterocycles. The number of nitrogens with zero attached hydrogens (tertiary/aromatic N) is 1. The molecule has 1 saturated heterocycles. The van der Waals surface area contributed by atoms with E-state index in [2.05, 4.69) is 17.0 Å². The number of thiocarbonyl (C=S) groups is 1. The summed E-state index contributed by atoms with van der Waals surface area (Å²) >= 11 is 4.94. The highest BCUT2D eigenvalue weighted by molar-refractivity contribution is 7.80. The number of ether oxygens (including phenoxy) is 1. The standard InChI is InChI=1S/C13H18N2OS/c1-16-12-6-8-15(9-7-12)11-4-2-10(3-5-11)13(14)17/h2-5,12H,6-9H2,1H3,(H2,14,17). The van der Waals surface area contributed by atoms with E-state index in [0.29, 0.717) is 11.1 Å². The molecule has 0 spiro atoms. The highest BCUT2D eigenvalue weighted by Gasteiger charge is 2.18. The molecule has 1 aliphatic heterocycles. The number of hydrogen-bond acceptors (Lipinski definition) is 3. The zero-order valence-corrected chi connectivity index (χ0v) is 10.9. The van der Waals surface area contributed by atoms with Crippen molar-refractivity contribution in [1.82, 2.24) is 0 Å². The van der Waals surface area contributed by atoms with Gasteiger partial charge in [0.05, 0.1) is 6.10 Å². The van der Waals surface area contributed by atoms with Crippen LogP contribution >= 0.6 is 12.2 Å². The molecule has 0 bridgehead atoms. The molecular weight excluding hydrogens is 232 g/mol. The van der Waals surface area contributed by atoms with Crippen molar-refractivity contribution in [2.24, 2.45) is 5.73 Å². The van der Waals surface area contributed by atoms with Crippen molar-refractivity contribution in [2.45, 2.75) is 18.9 Å². The van der Waals surface area contributed by atoms with Crippen LogP contribution in [0.25, 0.3) is 0 Å². The molecule has 0 saturated carbocycles. The molecule has 0 unspecified atom stereocenters. The van der Waals surface area contributed by atoms with Gasteiger partial charge >= 0.3 is 0 Å². The van der Waals surface area contributed by atoms with Crippen LogP contribution in [0.2, 0.25) is 0 Å². The van der Waals surface area contributed by atoms with Gasteiger partial charge in [0.25, 0.3) is 0 Å². The smallest absolute Gasteiger partial charge is 0.103 e. The molecule has 4 heteroatoms. The number of benzene rings is 1. The topological polar surface area (TPSA) is 38.5 Å². The van der Waals surface area contributed by atoms with E-state index >= 15 is 0 Å². The fourth-order valence-corrected chi connectivity index (χ4v) is 2.32. The van der Waals surface area contributed by atoms with Gasteiger partial charge in [-0.25, -0.2) is 0 Å². The van der Waals surface area contributed by atoms with Gasteiger partial charge in [-0.2, -0.15) is 0 Å². The summed E-state index contributed by atoms with van der Waals surface area (Å²) in [5, 5.41) is 0. The summed E-state index contributed by atoms with van der Waals surface area (Å²) in [5.41, 5.74) is 7.74. The highest BCUT2D eigenvalue weighted by atomic mass is 32.1. The Hall–Kier alpha value is -1.13. The van der Waals surface area contributed by atoms with Gasteiger partial charge in [-0.1, -0.05) is 12.2 Å². The molecule has 0 aliphatic carbocycles. The average Bonchev–Trinajstić information content (AvgIpc) is 2.39. The minimum absolute atomic E-state index is 0.419. The molecule has 1 fully saturated rings. The lowest BCUT2D eigenvalue weighted by molar-refractivity contribution is 0.0819. The number of piperidine rings is 1. The zero-order chi connectivity index (χ0) is 12.3. The maximum absolute atomic E-state index is 5.58. The number of anilines is 1. The Balaban J connectivity index is 2.01. The lowest BCUT2D eigenvalue weighted by Crippen LogP contribution is -2.36. The second-order valence-electron chi connectivity index (χ2n) is 4.33. The predicted molar refractivity (Wildman–Crippen MR) is 74.6 cm³/mol. The largest absolute Gasteiger partial charge is 0.389 e. The Morgan fingerprint density at radius 3 is 2.35 bits per heavy atom. The fraction of sp³-hybridized carbons (Fsp3) is 0.462. The van der Waals surface area contributed by atoms with Gasteiger partial charge in [0.1, 0.15) is 4.99 Å². The normalized spacial score (nSPS) is 17.1. The van der Waals surface area contributed by atoms with Crippen LogP contribution in [0.1, 0.15) is 18.4 Å². The van der Waals surface area contributed by atoms with Crippen molar-refractivity contribution >= 4 is 22.9 Å². The van der Waals surface area contributed by atoms with Gasteiger partial charge in [-0.3, -0.25) is 0 Å². The molecule has 1 aromatic carbocycles. The zero-order valence-electron chi connectivity index (χ0n) is 10.1. The highest BCUT2D eigenvalue weighted by Crippen LogP contribution is 2.21. The Kier molecular flexibility index (Phi) is 3.97. The SMILES string of the molecule is COC1CCN(c2ccc(C(N)=S)cc2)CC1. The summed E-state index contributed by atoms with van der Waals surface area (Å²) in [7, 11) is 1.79. The molecule has 0 amide bonds. The third-order valence-electron chi connectivity index (χ3n) is 3.29. The monoisotopic (exact) mass is 250 g/mol. The molecule has 2 rings (SSSR count). The first-order chi connectivity index (χ1) is 8.20. The Morgan fingerprint density at radius 1 is 1.29 bits per heavy atom. The third kappa shape index (κ3) is 2.96. The molecule has 1 aromatic rings. The van der Waals surface area contributed by atoms with E-state index in [1.807, 2.05) is 12.1 Å². The van der Waals surface area contributed by atoms with E-state index in [1.54, 1.807) is 7.11 Å². The summed E-state index contributed by atoms with van der Waals surface area (Å²) in [5.74, 6) is 0. The first kappa shape index (κ1) is 12.3. The van der Waals surface area contributed by atoms with Crippen molar-refractivity contribution in [3.63, 3.8) is 0 Å². The average molecular weight is 250 g/mol. The number of hydrogen-bond donors (Lipinski definition) is 1. The molecule has 0 radical (unpaired) electrons. The van der Waals surface area contributed by atoms with Gasteiger partial charge < -0.3 is 15.4 Å². The number of methoxy groups -OCH3 is 1. The van der Waals surface area contributed by atoms with Gasteiger partial charge in [0, 0.05) is 31.5 Å². The fourth-order valence-electron chi connectivity index (χ4n) is 2.19. The molecule has 1 aliphatic rings. The lowest BCUT2D eigenvalue weighted by Gasteiger charge is -2.33. The first-order valence-electron chi connectivity index (χ1n) is 5.88. The second kappa shape index (κ2) is 5.47. The van der Waals surface area contributed by atoms with E-state index in [9.17, 15) is 0 Å². The van der Waals surface area contributed by atoms with E-state index in [0.717, 1.165) is 31.5 Å². The van der Waals surface area contributed by atoms with Gasteiger partial charge in [-0.05, 0) is 37.1 Å². The predicted octanol–water partition coefficient (Wildman–Crippen LogP) is 1.94. The summed E-state index contributed by atoms with van der Waals surface area (Å²) in [6.45, 7) is 2.09. The van der Waals surface area contributed by atoms with Crippen LogP contribution in [-0.2, 0) is 4.74 Å². The van der Waals surface area contributed by atoms with Crippen LogP contribution in [0.5, 0.6) is 0 Å². The van der Waals surface area contributed by atoms with E-state index in [4.69, 9.17) is 22.7 Å². The van der Waals surface area contributed by atoms with Crippen LogP contribution in [0.15, 0.2) is 24.3 Å². The van der Waals surface area contributed by atoms with E-state index < -0.39 is 0 Å². The molecule has 2 N–H and O–H groups in total. The van der Waals surface area contributed by atoms with Crippen LogP contribution in [-0.4, -0.2) is 31.3 Å². The van der Waals surface area contributed by atoms with Crippen molar-refractivity contribution in [3.8, 4) is 0 Å². The molecule has 1 heterocycles. The van der Waals surface area contributed by atoms with Crippen molar-refractivity contribution < 1.29 is 4.74 Å². The Labute approximate surface area is 108 Å². The van der Waals surface area contributed by atoms with E-state index in [-0.39, 0.29) is 0 Å². The summed E-state index contributed by atoms with van der Waals surface area (Å²) in [6.07, 6.45) is 2.60. The maximum atomic E-state index is 5.58. The quantitative estimate of drug-likeness (QED) is 0.832. The summed E-state index contributed by atoms with van der Waals surface area (Å²) in [6, 6.07) is 8.14. The van der Waals surface area contributed by atoms with Crippen LogP contribution in [0.4, 0.5) is 5.69 Å². The summed E-state index contributed by atoms with van der Waals surface area (Å²) in [4.78, 5) is 2.83. The molecule has 17 heavy (non-hydrogen) atoms. The first-order valence-corrected chi connectivity index (χ1v) is 6.29. The van der Waals surface area contributed by atoms with Crippen molar-refractivity contribution in [2.75, 3.05) is 25.1 Å². The minimum Gasteiger partial charge on any atom is -0.389 e. The van der Waals surface area contributed by atoms with Crippen molar-refractivity contribution in [1.29, 1.82) is 0 Å². The van der Waals surface area contributed by atoms with Gasteiger partial charge in [-0.15, -0.1) is 0 Å². The van der Waals surface area contributed by atoms with Crippen LogP contribution in [0.3, 0.4) is 0 Å². The third-order valence-corrected chi connectivity index (χ3v) is 3.53.